The Morgan fingerprint density at radius 3 is 2.36 bits per heavy atom. The van der Waals surface area contributed by atoms with Crippen LogP contribution in [0.5, 0.6) is 0 Å². The van der Waals surface area contributed by atoms with E-state index in [1.165, 1.54) is 12.8 Å². The lowest BCUT2D eigenvalue weighted by Gasteiger charge is -2.15. The largest absolute Gasteiger partial charge is 0.398 e. The third kappa shape index (κ3) is 4.57. The molecule has 1 saturated heterocycles. The maximum atomic E-state index is 6.16. The number of nitrogens with one attached hydrogen (secondary N) is 3. The quantitative estimate of drug-likeness (QED) is 0.513. The number of benzene rings is 1. The summed E-state index contributed by atoms with van der Waals surface area (Å²) >= 11 is 0. The molecular weight excluding hydrogens is 310 g/mol. The Hall–Kier alpha value is -2.40. The van der Waals surface area contributed by atoms with Crippen LogP contribution in [-0.4, -0.2) is 19.1 Å². The van der Waals surface area contributed by atoms with Crippen molar-refractivity contribution in [2.75, 3.05) is 18.4 Å². The van der Waals surface area contributed by atoms with Gasteiger partial charge in [-0.2, -0.15) is 0 Å². The average molecular weight is 339 g/mol. The molecule has 2 unspecified atom stereocenters. The van der Waals surface area contributed by atoms with Gasteiger partial charge >= 0.3 is 0 Å². The van der Waals surface area contributed by atoms with Gasteiger partial charge in [-0.05, 0) is 74.5 Å². The average Bonchev–Trinajstić information content (AvgIpc) is 3.14. The van der Waals surface area contributed by atoms with E-state index in [1.807, 2.05) is 43.3 Å². The number of hydrogen-bond donors (Lipinski definition) is 5. The van der Waals surface area contributed by atoms with Gasteiger partial charge in [-0.25, -0.2) is 0 Å². The number of hydrogen-bond acceptors (Lipinski definition) is 5. The van der Waals surface area contributed by atoms with Crippen LogP contribution in [0.25, 0.3) is 5.70 Å². The summed E-state index contributed by atoms with van der Waals surface area (Å²) < 4.78 is 0. The summed E-state index contributed by atoms with van der Waals surface area (Å²) in [6, 6.07) is 8.43. The lowest BCUT2D eigenvalue weighted by molar-refractivity contribution is 0.494. The van der Waals surface area contributed by atoms with Crippen molar-refractivity contribution in [3.8, 4) is 0 Å². The zero-order chi connectivity index (χ0) is 17.8. The third-order valence-corrected chi connectivity index (χ3v) is 5.04. The summed E-state index contributed by atoms with van der Waals surface area (Å²) in [5.41, 5.74) is 15.9. The van der Waals surface area contributed by atoms with E-state index < -0.39 is 0 Å². The number of anilines is 1. The van der Waals surface area contributed by atoms with Gasteiger partial charge in [0.15, 0.2) is 0 Å². The Morgan fingerprint density at radius 2 is 1.76 bits per heavy atom. The topological polar surface area (TPSA) is 88.1 Å². The van der Waals surface area contributed by atoms with E-state index >= 15 is 0 Å². The molecular formula is C20H29N5. The van der Waals surface area contributed by atoms with Gasteiger partial charge in [0.1, 0.15) is 0 Å². The van der Waals surface area contributed by atoms with Gasteiger partial charge in [0.2, 0.25) is 0 Å². The smallest absolute Gasteiger partial charge is 0.0962 e. The van der Waals surface area contributed by atoms with Gasteiger partial charge in [-0.3, -0.25) is 0 Å². The van der Waals surface area contributed by atoms with Crippen molar-refractivity contribution in [1.82, 2.24) is 10.6 Å². The molecule has 1 aliphatic carbocycles. The zero-order valence-corrected chi connectivity index (χ0v) is 14.9. The lowest BCUT2D eigenvalue weighted by Crippen LogP contribution is -2.31. The second-order valence-corrected chi connectivity index (χ2v) is 7.22. The molecule has 5 heteroatoms. The van der Waals surface area contributed by atoms with Crippen LogP contribution in [0.3, 0.4) is 0 Å². The second-order valence-electron chi connectivity index (χ2n) is 7.22. The standard InChI is InChI=1S/C20H29N5/c1-13(2)24-17-5-3-14(4-6-17)19(21)7-8-20(22)25-18-9-15-11-23-12-16(15)10-18/h3-8,15-16,18,23-25H,1,9-12,21-22H2,2H3/b19-7-,20-8+. The molecule has 134 valence electrons. The first kappa shape index (κ1) is 17.4. The highest BCUT2D eigenvalue weighted by Crippen LogP contribution is 2.34. The van der Waals surface area contributed by atoms with Crippen LogP contribution >= 0.6 is 0 Å². The van der Waals surface area contributed by atoms with Crippen molar-refractivity contribution in [3.63, 3.8) is 0 Å². The fraction of sp³-hybridized carbons (Fsp3) is 0.400. The third-order valence-electron chi connectivity index (χ3n) is 5.04. The minimum atomic E-state index is 0.482. The summed E-state index contributed by atoms with van der Waals surface area (Å²) in [6.07, 6.45) is 6.12. The summed E-state index contributed by atoms with van der Waals surface area (Å²) in [4.78, 5) is 0. The molecule has 2 atom stereocenters. The molecule has 25 heavy (non-hydrogen) atoms. The molecule has 1 aromatic carbocycles. The fourth-order valence-electron chi connectivity index (χ4n) is 3.84. The zero-order valence-electron chi connectivity index (χ0n) is 14.9. The lowest BCUT2D eigenvalue weighted by atomic mass is 10.0. The highest BCUT2D eigenvalue weighted by atomic mass is 15.0. The van der Waals surface area contributed by atoms with Gasteiger partial charge in [-0.15, -0.1) is 0 Å². The first-order chi connectivity index (χ1) is 12.0. The highest BCUT2D eigenvalue weighted by molar-refractivity contribution is 5.66. The number of allylic oxidation sites excluding steroid dienone is 3. The van der Waals surface area contributed by atoms with Gasteiger partial charge in [-0.1, -0.05) is 18.7 Å². The molecule has 3 rings (SSSR count). The van der Waals surface area contributed by atoms with Crippen molar-refractivity contribution in [3.05, 3.63) is 60.1 Å². The normalized spacial score (nSPS) is 26.4. The monoisotopic (exact) mass is 339 g/mol. The van der Waals surface area contributed by atoms with Gasteiger partial charge < -0.3 is 27.4 Å². The van der Waals surface area contributed by atoms with E-state index in [9.17, 15) is 0 Å². The Labute approximate surface area is 150 Å². The molecule has 7 N–H and O–H groups in total. The van der Waals surface area contributed by atoms with Gasteiger partial charge in [0.25, 0.3) is 0 Å². The van der Waals surface area contributed by atoms with E-state index in [1.54, 1.807) is 0 Å². The van der Waals surface area contributed by atoms with E-state index in [2.05, 4.69) is 22.5 Å². The van der Waals surface area contributed by atoms with E-state index in [4.69, 9.17) is 11.5 Å². The number of rotatable bonds is 6. The maximum absolute atomic E-state index is 6.16. The SMILES string of the molecule is C=C(C)Nc1ccc(/C(N)=C/C=C(\N)NC2CC3CNCC3C2)cc1. The molecule has 1 aliphatic heterocycles. The van der Waals surface area contributed by atoms with Crippen molar-refractivity contribution < 1.29 is 0 Å². The minimum Gasteiger partial charge on any atom is -0.398 e. The molecule has 2 fully saturated rings. The van der Waals surface area contributed by atoms with Crippen LogP contribution in [0, 0.1) is 11.8 Å². The van der Waals surface area contributed by atoms with Crippen molar-refractivity contribution in [1.29, 1.82) is 0 Å². The van der Waals surface area contributed by atoms with E-state index in [0.717, 1.165) is 41.9 Å². The Balaban J connectivity index is 1.56. The molecule has 0 radical (unpaired) electrons. The summed E-state index contributed by atoms with van der Waals surface area (Å²) in [7, 11) is 0. The fourth-order valence-corrected chi connectivity index (χ4v) is 3.84. The highest BCUT2D eigenvalue weighted by Gasteiger charge is 2.37. The summed E-state index contributed by atoms with van der Waals surface area (Å²) in [5, 5.41) is 10.1. The van der Waals surface area contributed by atoms with Crippen LogP contribution in [0.15, 0.2) is 54.5 Å². The van der Waals surface area contributed by atoms with Gasteiger partial charge in [0.05, 0.1) is 5.82 Å². The molecule has 0 spiro atoms. The first-order valence-corrected chi connectivity index (χ1v) is 8.94. The second kappa shape index (κ2) is 7.66. The first-order valence-electron chi connectivity index (χ1n) is 8.94. The van der Waals surface area contributed by atoms with Crippen LogP contribution in [0.4, 0.5) is 5.69 Å². The van der Waals surface area contributed by atoms with Crippen molar-refractivity contribution in [2.45, 2.75) is 25.8 Å². The molecule has 0 aromatic heterocycles. The molecule has 5 nitrogen and oxygen atoms in total. The summed E-state index contributed by atoms with van der Waals surface area (Å²) in [5.74, 6) is 2.29. The Kier molecular flexibility index (Phi) is 5.34. The van der Waals surface area contributed by atoms with Crippen LogP contribution in [0.2, 0.25) is 0 Å². The molecule has 1 aromatic rings. The Morgan fingerprint density at radius 1 is 1.12 bits per heavy atom. The molecule has 0 amide bonds. The molecule has 1 heterocycles. The Bertz CT molecular complexity index is 662. The molecule has 1 saturated carbocycles. The van der Waals surface area contributed by atoms with Crippen LogP contribution in [-0.2, 0) is 0 Å². The van der Waals surface area contributed by atoms with Crippen molar-refractivity contribution >= 4 is 11.4 Å². The maximum Gasteiger partial charge on any atom is 0.0962 e. The van der Waals surface area contributed by atoms with E-state index in [-0.39, 0.29) is 0 Å². The number of nitrogens with two attached hydrogens (primary N) is 2. The number of fused-ring (bicyclic) bond motifs is 1. The van der Waals surface area contributed by atoms with Gasteiger partial charge in [0, 0.05) is 23.1 Å². The minimum absolute atomic E-state index is 0.482. The molecule has 0 bridgehead atoms. The van der Waals surface area contributed by atoms with Crippen LogP contribution < -0.4 is 27.4 Å². The van der Waals surface area contributed by atoms with Crippen LogP contribution in [0.1, 0.15) is 25.3 Å². The predicted octanol–water partition coefficient (Wildman–Crippen LogP) is 2.32. The van der Waals surface area contributed by atoms with E-state index in [0.29, 0.717) is 17.6 Å². The van der Waals surface area contributed by atoms with Crippen molar-refractivity contribution in [2.24, 2.45) is 23.3 Å². The molecule has 2 aliphatic rings. The predicted molar refractivity (Wildman–Crippen MR) is 105 cm³/mol. The summed E-state index contributed by atoms with van der Waals surface area (Å²) in [6.45, 7) is 8.06.